The minimum atomic E-state index is -1.53. The molecule has 0 bridgehead atoms. The predicted molar refractivity (Wildman–Crippen MR) is 404 cm³/mol. The van der Waals surface area contributed by atoms with Crippen molar-refractivity contribution in [3.8, 4) is 47.0 Å². The molecule has 91 heavy (non-hydrogen) atoms. The first-order valence-electron chi connectivity index (χ1n) is 38.4. The van der Waals surface area contributed by atoms with Gasteiger partial charge in [-0.05, 0) is 160 Å². The Morgan fingerprint density at radius 1 is 0.286 bits per heavy atom. The Kier molecular flexibility index (Phi) is 44.0. The maximum Gasteiger partial charge on any atom is 0.129 e. The van der Waals surface area contributed by atoms with E-state index in [1.807, 2.05) is 5.01 Å². The van der Waals surface area contributed by atoms with Gasteiger partial charge in [0.2, 0.25) is 0 Å². The fraction of sp³-hybridized carbons (Fsp3) is 0.632. The lowest BCUT2D eigenvalue weighted by Crippen LogP contribution is -2.16. The van der Waals surface area contributed by atoms with Gasteiger partial charge in [0.05, 0.1) is 5.69 Å². The van der Waals surface area contributed by atoms with Gasteiger partial charge in [0.15, 0.2) is 0 Å². The van der Waals surface area contributed by atoms with Gasteiger partial charge < -0.3 is 0 Å². The minimum Gasteiger partial charge on any atom is -0.279 e. The molecule has 4 rings (SSSR count). The van der Waals surface area contributed by atoms with Crippen LogP contribution in [0.5, 0.6) is 0 Å². The SMILES string of the molecule is CCCCCCCCCCCCc1cc(C#Cc2ccc(C#Cc3ccc(N=NN(CC)CC)cc3CCCCCCCCCCCC)cc2CCCCCCCCCCCC)ccc1C#Cc1ccc(C#C[Si](C)(C)C)c(CCCCCCCCCCCC)c1. The zero-order valence-corrected chi connectivity index (χ0v) is 61.3. The number of nitrogens with zero attached hydrogens (tertiary/aromatic N) is 3. The van der Waals surface area contributed by atoms with Crippen molar-refractivity contribution < 1.29 is 0 Å². The monoisotopic (exact) mass is 1250 g/mol. The largest absolute Gasteiger partial charge is 0.279 e. The molecule has 498 valence electrons. The van der Waals surface area contributed by atoms with E-state index >= 15 is 0 Å². The average molecular weight is 1250 g/mol. The standard InChI is InChI=1S/C87H131N3Si/c1-10-16-20-24-28-32-36-40-44-48-52-83-72-76(57-63-80(83)65-59-78-61-67-82(70-71-91(7,8)9)85(74-78)54-50-46-42-38-34-30-26-22-18-12-3)56-62-79-64-58-77(73-84(79)53-49-45-41-37-33-29-25-21-17-11-2)60-66-81-68-69-87(88-89-90(14-5)15-6)75-86(81)55-51-47-43-39-35-31-27-23-19-13-4/h57-58,61,63-64,67-69,72-75H,10-55H2,1-9H3. The lowest BCUT2D eigenvalue weighted by molar-refractivity contribution is 0.300. The third-order valence-corrected chi connectivity index (χ3v) is 19.1. The molecule has 0 aliphatic rings. The van der Waals surface area contributed by atoms with Crippen LogP contribution >= 0.6 is 0 Å². The highest BCUT2D eigenvalue weighted by atomic mass is 28.3. The van der Waals surface area contributed by atoms with E-state index in [-0.39, 0.29) is 0 Å². The molecule has 0 unspecified atom stereocenters. The van der Waals surface area contributed by atoms with Gasteiger partial charge in [-0.2, -0.15) is 0 Å². The van der Waals surface area contributed by atoms with Crippen LogP contribution in [0.25, 0.3) is 0 Å². The molecular formula is C87H131N3Si. The minimum absolute atomic E-state index is 0.844. The van der Waals surface area contributed by atoms with Crippen molar-refractivity contribution in [2.24, 2.45) is 10.3 Å². The lowest BCUT2D eigenvalue weighted by Gasteiger charge is -2.11. The summed E-state index contributed by atoms with van der Waals surface area (Å²) in [6, 6.07) is 27.0. The summed E-state index contributed by atoms with van der Waals surface area (Å²) in [6.07, 6.45) is 57.4. The average Bonchev–Trinajstić information content (AvgIpc) is 2.81. The van der Waals surface area contributed by atoms with Crippen LogP contribution in [0.4, 0.5) is 5.69 Å². The van der Waals surface area contributed by atoms with Crippen LogP contribution in [-0.4, -0.2) is 26.2 Å². The van der Waals surface area contributed by atoms with Gasteiger partial charge in [-0.3, -0.25) is 5.01 Å². The molecule has 0 aliphatic heterocycles. The summed E-state index contributed by atoms with van der Waals surface area (Å²) in [6.45, 7) is 22.2. The molecule has 0 aliphatic carbocycles. The number of hydrogen-bond acceptors (Lipinski definition) is 2. The van der Waals surface area contributed by atoms with Crippen molar-refractivity contribution in [2.75, 3.05) is 13.1 Å². The van der Waals surface area contributed by atoms with E-state index in [2.05, 4.69) is 191 Å². The van der Waals surface area contributed by atoms with E-state index in [0.717, 1.165) is 77.8 Å². The van der Waals surface area contributed by atoms with Gasteiger partial charge in [-0.25, -0.2) is 0 Å². The molecule has 3 nitrogen and oxygen atoms in total. The molecule has 0 heterocycles. The highest BCUT2D eigenvalue weighted by Gasteiger charge is 2.11. The summed E-state index contributed by atoms with van der Waals surface area (Å²) in [7, 11) is -1.53. The molecule has 4 aromatic rings. The molecule has 0 spiro atoms. The number of rotatable bonds is 48. The van der Waals surface area contributed by atoms with E-state index in [9.17, 15) is 0 Å². The third kappa shape index (κ3) is 37.3. The maximum atomic E-state index is 4.68. The highest BCUT2D eigenvalue weighted by molar-refractivity contribution is 6.83. The fourth-order valence-electron chi connectivity index (χ4n) is 12.3. The molecule has 0 saturated heterocycles. The van der Waals surface area contributed by atoms with E-state index in [4.69, 9.17) is 0 Å². The van der Waals surface area contributed by atoms with Crippen molar-refractivity contribution in [3.05, 3.63) is 134 Å². The van der Waals surface area contributed by atoms with Crippen molar-refractivity contribution in [1.29, 1.82) is 0 Å². The van der Waals surface area contributed by atoms with Crippen LogP contribution in [0.2, 0.25) is 19.6 Å². The Bertz CT molecular complexity index is 2850. The first-order valence-corrected chi connectivity index (χ1v) is 41.9. The van der Waals surface area contributed by atoms with Gasteiger partial charge in [0.1, 0.15) is 8.07 Å². The van der Waals surface area contributed by atoms with Crippen LogP contribution in [0, 0.1) is 47.0 Å². The Morgan fingerprint density at radius 2 is 0.538 bits per heavy atom. The third-order valence-electron chi connectivity index (χ3n) is 18.2. The van der Waals surface area contributed by atoms with Crippen LogP contribution in [0.15, 0.2) is 83.1 Å². The second-order valence-corrected chi connectivity index (χ2v) is 32.5. The van der Waals surface area contributed by atoms with Crippen LogP contribution in [0.1, 0.15) is 360 Å². The van der Waals surface area contributed by atoms with E-state index in [1.54, 1.807) is 0 Å². The zero-order chi connectivity index (χ0) is 65.1. The molecule has 4 aromatic carbocycles. The second-order valence-electron chi connectivity index (χ2n) is 27.8. The molecule has 0 aromatic heterocycles. The van der Waals surface area contributed by atoms with E-state index in [1.165, 1.54) is 285 Å². The van der Waals surface area contributed by atoms with Crippen molar-refractivity contribution in [2.45, 2.75) is 344 Å². The molecule has 0 fully saturated rings. The topological polar surface area (TPSA) is 28.0 Å². The number of hydrogen-bond donors (Lipinski definition) is 0. The number of benzene rings is 4. The van der Waals surface area contributed by atoms with Gasteiger partial charge in [-0.1, -0.05) is 325 Å². The van der Waals surface area contributed by atoms with E-state index < -0.39 is 8.07 Å². The molecule has 0 atom stereocenters. The van der Waals surface area contributed by atoms with Crippen molar-refractivity contribution in [3.63, 3.8) is 0 Å². The fourth-order valence-corrected chi connectivity index (χ4v) is 12.8. The van der Waals surface area contributed by atoms with Gasteiger partial charge in [0, 0.05) is 52.0 Å². The molecule has 0 amide bonds. The molecule has 0 radical (unpaired) electrons. The van der Waals surface area contributed by atoms with E-state index in [0.29, 0.717) is 0 Å². The van der Waals surface area contributed by atoms with Crippen LogP contribution in [0.3, 0.4) is 0 Å². The smallest absolute Gasteiger partial charge is 0.129 e. The zero-order valence-electron chi connectivity index (χ0n) is 60.3. The number of aryl methyl sites for hydroxylation is 4. The molecule has 4 heteroatoms. The molecular weight excluding hydrogens is 1120 g/mol. The summed E-state index contributed by atoms with van der Waals surface area (Å²) in [5.41, 5.74) is 17.6. The van der Waals surface area contributed by atoms with Crippen molar-refractivity contribution >= 4 is 13.8 Å². The first-order chi connectivity index (χ1) is 44.6. The molecule has 0 saturated carbocycles. The summed E-state index contributed by atoms with van der Waals surface area (Å²) < 4.78 is 0. The Hall–Kier alpha value is -5.26. The Labute approximate surface area is 563 Å². The van der Waals surface area contributed by atoms with Crippen LogP contribution in [-0.2, 0) is 25.7 Å². The quantitative estimate of drug-likeness (QED) is 0.0142. The summed E-state index contributed by atoms with van der Waals surface area (Å²) >= 11 is 0. The summed E-state index contributed by atoms with van der Waals surface area (Å²) in [5.74, 6) is 25.8. The van der Waals surface area contributed by atoms with Crippen molar-refractivity contribution in [1.82, 2.24) is 5.01 Å². The summed E-state index contributed by atoms with van der Waals surface area (Å²) in [5, 5.41) is 11.2. The Morgan fingerprint density at radius 3 is 0.813 bits per heavy atom. The molecule has 0 N–H and O–H groups in total. The number of unbranched alkanes of at least 4 members (excludes halogenated alkanes) is 36. The predicted octanol–water partition coefficient (Wildman–Crippen LogP) is 26.3. The summed E-state index contributed by atoms with van der Waals surface area (Å²) in [4.78, 5) is 0. The second kappa shape index (κ2) is 51.2. The first kappa shape index (κ1) is 78.2. The maximum absolute atomic E-state index is 4.68. The normalized spacial score (nSPS) is 11.2. The Balaban J connectivity index is 1.64. The highest BCUT2D eigenvalue weighted by Crippen LogP contribution is 2.25. The van der Waals surface area contributed by atoms with Gasteiger partial charge in [0.25, 0.3) is 0 Å². The van der Waals surface area contributed by atoms with Gasteiger partial charge in [-0.15, -0.1) is 10.7 Å². The van der Waals surface area contributed by atoms with Crippen LogP contribution < -0.4 is 0 Å². The van der Waals surface area contributed by atoms with Gasteiger partial charge >= 0.3 is 0 Å². The lowest BCUT2D eigenvalue weighted by atomic mass is 9.96.